The number of nitrogens with zero attached hydrogens (tertiary/aromatic N) is 3. The van der Waals surface area contributed by atoms with Gasteiger partial charge in [-0.3, -0.25) is 14.4 Å². The van der Waals surface area contributed by atoms with Crippen molar-refractivity contribution in [1.82, 2.24) is 15.1 Å². The first-order chi connectivity index (χ1) is 13.7. The summed E-state index contributed by atoms with van der Waals surface area (Å²) in [6, 6.07) is 0.0295. The molecule has 7 nitrogen and oxygen atoms in total. The van der Waals surface area contributed by atoms with Gasteiger partial charge in [0.15, 0.2) is 0 Å². The van der Waals surface area contributed by atoms with E-state index in [0.717, 1.165) is 37.8 Å². The van der Waals surface area contributed by atoms with Gasteiger partial charge in [-0.05, 0) is 52.7 Å². The van der Waals surface area contributed by atoms with Crippen LogP contribution in [-0.4, -0.2) is 57.5 Å². The van der Waals surface area contributed by atoms with E-state index in [-0.39, 0.29) is 42.8 Å². The number of allylic oxidation sites excluding steroid dienone is 3. The minimum absolute atomic E-state index is 0.00335. The molecule has 158 valence electrons. The number of hydrogen-bond donors (Lipinski definition) is 1. The van der Waals surface area contributed by atoms with Gasteiger partial charge in [0.1, 0.15) is 11.4 Å². The number of amidine groups is 1. The topological polar surface area (TPSA) is 82.1 Å². The molecule has 0 spiro atoms. The van der Waals surface area contributed by atoms with E-state index >= 15 is 0 Å². The van der Waals surface area contributed by atoms with Crippen molar-refractivity contribution in [2.75, 3.05) is 6.54 Å². The average Bonchev–Trinajstić information content (AvgIpc) is 2.65. The molecule has 2 heterocycles. The molecule has 29 heavy (non-hydrogen) atoms. The van der Waals surface area contributed by atoms with Gasteiger partial charge in [0, 0.05) is 17.8 Å². The monoisotopic (exact) mass is 400 g/mol. The Bertz CT molecular complexity index is 777. The summed E-state index contributed by atoms with van der Waals surface area (Å²) in [5, 5.41) is 2.90. The number of aliphatic imine (C=N–C) groups is 1. The lowest BCUT2D eigenvalue weighted by Crippen LogP contribution is -2.64. The van der Waals surface area contributed by atoms with Gasteiger partial charge in [0.25, 0.3) is 5.91 Å². The van der Waals surface area contributed by atoms with Crippen LogP contribution in [0.15, 0.2) is 28.9 Å². The molecule has 0 radical (unpaired) electrons. The molecule has 3 aliphatic rings. The summed E-state index contributed by atoms with van der Waals surface area (Å²) >= 11 is 0. The average molecular weight is 401 g/mol. The summed E-state index contributed by atoms with van der Waals surface area (Å²) in [5.41, 5.74) is -0.223. The molecule has 0 aromatic rings. The van der Waals surface area contributed by atoms with Crippen molar-refractivity contribution in [3.8, 4) is 0 Å². The maximum Gasteiger partial charge on any atom is 0.250 e. The lowest BCUT2D eigenvalue weighted by molar-refractivity contribution is -0.149. The second-order valence-corrected chi connectivity index (χ2v) is 8.76. The summed E-state index contributed by atoms with van der Waals surface area (Å²) in [6.45, 7) is 7.54. The zero-order valence-electron chi connectivity index (χ0n) is 17.9. The van der Waals surface area contributed by atoms with Crippen molar-refractivity contribution in [2.45, 2.75) is 83.8 Å². The van der Waals surface area contributed by atoms with Crippen molar-refractivity contribution < 1.29 is 14.4 Å². The fourth-order valence-corrected chi connectivity index (χ4v) is 4.64. The number of hydrogen-bond acceptors (Lipinski definition) is 4. The van der Waals surface area contributed by atoms with Crippen LogP contribution in [-0.2, 0) is 14.4 Å². The molecular weight excluding hydrogens is 368 g/mol. The minimum atomic E-state index is -1.09. The Morgan fingerprint density at radius 1 is 1.31 bits per heavy atom. The fraction of sp³-hybridized carbons (Fsp3) is 0.636. The largest absolute Gasteiger partial charge is 0.352 e. The lowest BCUT2D eigenvalue weighted by Gasteiger charge is -2.48. The first-order valence-electron chi connectivity index (χ1n) is 10.6. The molecule has 2 aliphatic heterocycles. The molecule has 3 rings (SSSR count). The third-order valence-corrected chi connectivity index (χ3v) is 5.89. The van der Waals surface area contributed by atoms with Gasteiger partial charge in [-0.25, -0.2) is 0 Å². The molecule has 1 fully saturated rings. The van der Waals surface area contributed by atoms with Crippen molar-refractivity contribution in [2.24, 2.45) is 4.99 Å². The van der Waals surface area contributed by atoms with Gasteiger partial charge in [-0.2, -0.15) is 4.99 Å². The smallest absolute Gasteiger partial charge is 0.250 e. The summed E-state index contributed by atoms with van der Waals surface area (Å²) in [5.74, 6) is -0.148. The molecule has 1 aliphatic carbocycles. The van der Waals surface area contributed by atoms with E-state index in [1.54, 1.807) is 17.9 Å². The number of fused-ring (bicyclic) bond motifs is 1. The summed E-state index contributed by atoms with van der Waals surface area (Å²) in [7, 11) is 0. The van der Waals surface area contributed by atoms with E-state index in [9.17, 15) is 14.4 Å². The Balaban J connectivity index is 1.93. The van der Waals surface area contributed by atoms with Crippen LogP contribution in [0, 0.1) is 0 Å². The van der Waals surface area contributed by atoms with Crippen LogP contribution in [0.25, 0.3) is 0 Å². The van der Waals surface area contributed by atoms with E-state index in [1.807, 2.05) is 37.8 Å². The summed E-state index contributed by atoms with van der Waals surface area (Å²) < 4.78 is 0. The standard InChI is InChI=1S/C22H32N4O3/c1-15(2)23-20(28)14-25(17-10-6-5-7-11-17)21(29)22(4)13-19(27)24-18-12-8-9-16(3)26(18)22/h8-9,12,15,17H,5-7,10-11,13-14H2,1-4H3,(H,23,28)/t22-/m1/s1. The highest BCUT2D eigenvalue weighted by atomic mass is 16.2. The van der Waals surface area contributed by atoms with Crippen LogP contribution in [0.4, 0.5) is 0 Å². The van der Waals surface area contributed by atoms with Gasteiger partial charge in [-0.15, -0.1) is 0 Å². The molecule has 1 saturated carbocycles. The van der Waals surface area contributed by atoms with Crippen LogP contribution in [0.5, 0.6) is 0 Å². The molecule has 7 heteroatoms. The molecule has 0 saturated heterocycles. The zero-order chi connectivity index (χ0) is 21.2. The Kier molecular flexibility index (Phi) is 6.24. The highest BCUT2D eigenvalue weighted by Gasteiger charge is 2.49. The normalized spacial score (nSPS) is 24.7. The van der Waals surface area contributed by atoms with Gasteiger partial charge >= 0.3 is 0 Å². The third-order valence-electron chi connectivity index (χ3n) is 5.89. The lowest BCUT2D eigenvalue weighted by atomic mass is 9.87. The third kappa shape index (κ3) is 4.43. The maximum atomic E-state index is 13.9. The van der Waals surface area contributed by atoms with Crippen LogP contribution >= 0.6 is 0 Å². The Hall–Kier alpha value is -2.44. The molecule has 1 atom stereocenters. The van der Waals surface area contributed by atoms with Gasteiger partial charge in [0.05, 0.1) is 13.0 Å². The number of carbonyl (C=O) groups is 3. The number of nitrogens with one attached hydrogen (secondary N) is 1. The SMILES string of the molecule is CC1=CC=CC2=NC(=O)C[C@](C)(C(=O)N(CC(=O)NC(C)C)C3CCCCC3)N12. The van der Waals surface area contributed by atoms with Crippen LogP contribution in [0.2, 0.25) is 0 Å². The fourth-order valence-electron chi connectivity index (χ4n) is 4.64. The van der Waals surface area contributed by atoms with E-state index < -0.39 is 5.54 Å². The van der Waals surface area contributed by atoms with E-state index in [4.69, 9.17) is 0 Å². The van der Waals surface area contributed by atoms with Crippen LogP contribution in [0.1, 0.15) is 66.2 Å². The second-order valence-electron chi connectivity index (χ2n) is 8.76. The molecule has 3 amide bonds. The van der Waals surface area contributed by atoms with Crippen LogP contribution < -0.4 is 5.32 Å². The molecule has 0 aromatic heterocycles. The summed E-state index contributed by atoms with van der Waals surface area (Å²) in [4.78, 5) is 46.6. The highest BCUT2D eigenvalue weighted by Crippen LogP contribution is 2.35. The minimum Gasteiger partial charge on any atom is -0.352 e. The van der Waals surface area contributed by atoms with Gasteiger partial charge in [-0.1, -0.05) is 25.3 Å². The second kappa shape index (κ2) is 8.51. The molecular formula is C22H32N4O3. The van der Waals surface area contributed by atoms with Crippen molar-refractivity contribution in [3.63, 3.8) is 0 Å². The van der Waals surface area contributed by atoms with E-state index in [1.165, 1.54) is 0 Å². The zero-order valence-corrected chi connectivity index (χ0v) is 17.9. The van der Waals surface area contributed by atoms with Crippen LogP contribution in [0.3, 0.4) is 0 Å². The first kappa shape index (κ1) is 21.3. The maximum absolute atomic E-state index is 13.9. The first-order valence-corrected chi connectivity index (χ1v) is 10.6. The van der Waals surface area contributed by atoms with Crippen molar-refractivity contribution in [3.05, 3.63) is 23.9 Å². The van der Waals surface area contributed by atoms with E-state index in [2.05, 4.69) is 10.3 Å². The van der Waals surface area contributed by atoms with Crippen molar-refractivity contribution in [1.29, 1.82) is 0 Å². The van der Waals surface area contributed by atoms with Crippen molar-refractivity contribution >= 4 is 23.6 Å². The predicted octanol–water partition coefficient (Wildman–Crippen LogP) is 2.54. The number of rotatable bonds is 5. The molecule has 1 N–H and O–H groups in total. The Morgan fingerprint density at radius 3 is 2.66 bits per heavy atom. The Labute approximate surface area is 172 Å². The van der Waals surface area contributed by atoms with Gasteiger partial charge in [0.2, 0.25) is 11.8 Å². The van der Waals surface area contributed by atoms with E-state index in [0.29, 0.717) is 5.84 Å². The highest BCUT2D eigenvalue weighted by molar-refractivity contribution is 6.10. The number of amides is 3. The molecule has 0 unspecified atom stereocenters. The quantitative estimate of drug-likeness (QED) is 0.769. The van der Waals surface area contributed by atoms with Gasteiger partial charge < -0.3 is 15.1 Å². The Morgan fingerprint density at radius 2 is 2.00 bits per heavy atom. The predicted molar refractivity (Wildman–Crippen MR) is 112 cm³/mol. The summed E-state index contributed by atoms with van der Waals surface area (Å²) in [6.07, 6.45) is 10.5. The molecule has 0 bridgehead atoms. The number of carbonyl (C=O) groups excluding carboxylic acids is 3. The molecule has 0 aromatic carbocycles.